The van der Waals surface area contributed by atoms with Gasteiger partial charge in [0.15, 0.2) is 0 Å². The van der Waals surface area contributed by atoms with Gasteiger partial charge in [0, 0.05) is 9.97 Å². The maximum absolute atomic E-state index is 5.63. The van der Waals surface area contributed by atoms with Crippen molar-refractivity contribution in [3.05, 3.63) is 0 Å². The van der Waals surface area contributed by atoms with Crippen LogP contribution >= 0.6 is 22.6 Å². The Balaban J connectivity index is 3.46. The maximum atomic E-state index is 5.63. The fourth-order valence-electron chi connectivity index (χ4n) is 0.418. The lowest BCUT2D eigenvalue weighted by molar-refractivity contribution is 0.491. The van der Waals surface area contributed by atoms with Crippen LogP contribution in [0.1, 0.15) is 20.8 Å². The molecule has 0 rings (SSSR count). The summed E-state index contributed by atoms with van der Waals surface area (Å²) in [5.41, 5.74) is 5.63. The van der Waals surface area contributed by atoms with E-state index >= 15 is 0 Å². The second kappa shape index (κ2) is 3.67. The van der Waals surface area contributed by atoms with Crippen LogP contribution in [0.3, 0.4) is 0 Å². The summed E-state index contributed by atoms with van der Waals surface area (Å²) in [7, 11) is 0. The smallest absolute Gasteiger partial charge is 0.0122 e. The first kappa shape index (κ1) is 8.69. The molecule has 0 saturated carbocycles. The maximum Gasteiger partial charge on any atom is 0.0122 e. The van der Waals surface area contributed by atoms with Crippen molar-refractivity contribution in [2.24, 2.45) is 11.7 Å². The highest BCUT2D eigenvalue weighted by Gasteiger charge is 2.11. The van der Waals surface area contributed by atoms with E-state index in [-0.39, 0.29) is 0 Å². The summed E-state index contributed by atoms with van der Waals surface area (Å²) in [6.07, 6.45) is 0. The molecule has 8 heavy (non-hydrogen) atoms. The van der Waals surface area contributed by atoms with Crippen molar-refractivity contribution in [1.82, 2.24) is 0 Å². The highest BCUT2D eigenvalue weighted by atomic mass is 127. The van der Waals surface area contributed by atoms with Gasteiger partial charge < -0.3 is 5.73 Å². The Labute approximate surface area is 65.2 Å². The summed E-state index contributed by atoms with van der Waals surface area (Å²) in [4.78, 5) is 0. The Hall–Kier alpha value is 0.690. The van der Waals surface area contributed by atoms with Gasteiger partial charge in [-0.1, -0.05) is 36.4 Å². The second-order valence-corrected chi connectivity index (χ2v) is 4.36. The first-order valence-electron chi connectivity index (χ1n) is 2.95. The van der Waals surface area contributed by atoms with Crippen molar-refractivity contribution >= 4 is 22.6 Å². The van der Waals surface area contributed by atoms with Gasteiger partial charge >= 0.3 is 0 Å². The van der Waals surface area contributed by atoms with Gasteiger partial charge in [0.25, 0.3) is 0 Å². The van der Waals surface area contributed by atoms with E-state index in [1.54, 1.807) is 0 Å². The van der Waals surface area contributed by atoms with Crippen LogP contribution in [0.15, 0.2) is 0 Å². The molecule has 1 nitrogen and oxygen atoms in total. The van der Waals surface area contributed by atoms with Crippen LogP contribution in [0.25, 0.3) is 0 Å². The molecule has 0 aliphatic rings. The third-order valence-corrected chi connectivity index (χ3v) is 2.69. The SMILES string of the molecule is CC(N)C(C)C(C)I. The zero-order valence-electron chi connectivity index (χ0n) is 5.69. The number of rotatable bonds is 2. The number of halogens is 1. The fraction of sp³-hybridized carbons (Fsp3) is 1.00. The number of hydrogen-bond donors (Lipinski definition) is 1. The topological polar surface area (TPSA) is 26.0 Å². The summed E-state index contributed by atoms with van der Waals surface area (Å²) < 4.78 is 0.688. The van der Waals surface area contributed by atoms with Gasteiger partial charge in [0.2, 0.25) is 0 Å². The predicted octanol–water partition coefficient (Wildman–Crippen LogP) is 1.79. The van der Waals surface area contributed by atoms with Crippen molar-refractivity contribution < 1.29 is 0 Å². The fourth-order valence-corrected chi connectivity index (χ4v) is 1.07. The Morgan fingerprint density at radius 1 is 1.25 bits per heavy atom. The molecule has 3 atom stereocenters. The molecule has 0 spiro atoms. The van der Waals surface area contributed by atoms with Gasteiger partial charge in [-0.25, -0.2) is 0 Å². The van der Waals surface area contributed by atoms with Gasteiger partial charge in [0.1, 0.15) is 0 Å². The van der Waals surface area contributed by atoms with E-state index < -0.39 is 0 Å². The number of hydrogen-bond acceptors (Lipinski definition) is 1. The van der Waals surface area contributed by atoms with Gasteiger partial charge in [0.05, 0.1) is 0 Å². The minimum absolute atomic E-state index is 0.335. The van der Waals surface area contributed by atoms with E-state index in [9.17, 15) is 0 Å². The molecule has 0 aliphatic carbocycles. The van der Waals surface area contributed by atoms with Crippen LogP contribution in [0.4, 0.5) is 0 Å². The second-order valence-electron chi connectivity index (χ2n) is 2.40. The van der Waals surface area contributed by atoms with Gasteiger partial charge in [-0.15, -0.1) is 0 Å². The molecule has 0 heterocycles. The molecule has 0 radical (unpaired) electrons. The van der Waals surface area contributed by atoms with Crippen LogP contribution < -0.4 is 5.73 Å². The minimum Gasteiger partial charge on any atom is -0.328 e. The summed E-state index contributed by atoms with van der Waals surface area (Å²) in [5.74, 6) is 0.635. The molecule has 0 saturated heterocycles. The summed E-state index contributed by atoms with van der Waals surface area (Å²) in [6, 6.07) is 0.335. The molecule has 0 aromatic carbocycles. The van der Waals surface area contributed by atoms with E-state index in [0.29, 0.717) is 15.9 Å². The van der Waals surface area contributed by atoms with Gasteiger partial charge in [-0.3, -0.25) is 0 Å². The molecule has 2 heteroatoms. The quantitative estimate of drug-likeness (QED) is 0.564. The normalized spacial score (nSPS) is 22.1. The summed E-state index contributed by atoms with van der Waals surface area (Å²) in [6.45, 7) is 6.43. The van der Waals surface area contributed by atoms with Crippen molar-refractivity contribution in [2.75, 3.05) is 0 Å². The van der Waals surface area contributed by atoms with Crippen molar-refractivity contribution in [1.29, 1.82) is 0 Å². The molecule has 0 amide bonds. The molecule has 0 aromatic heterocycles. The van der Waals surface area contributed by atoms with Crippen LogP contribution in [-0.4, -0.2) is 9.97 Å². The first-order chi connectivity index (χ1) is 3.55. The standard InChI is InChI=1S/C6H14IN/c1-4(5(2)7)6(3)8/h4-6H,8H2,1-3H3. The summed E-state index contributed by atoms with van der Waals surface area (Å²) >= 11 is 2.40. The monoisotopic (exact) mass is 227 g/mol. The lowest BCUT2D eigenvalue weighted by Gasteiger charge is -2.17. The third-order valence-electron chi connectivity index (χ3n) is 1.55. The molecule has 0 bridgehead atoms. The van der Waals surface area contributed by atoms with E-state index in [4.69, 9.17) is 5.73 Å². The van der Waals surface area contributed by atoms with E-state index in [1.165, 1.54) is 0 Å². The minimum atomic E-state index is 0.335. The van der Waals surface area contributed by atoms with Crippen LogP contribution in [-0.2, 0) is 0 Å². The predicted molar refractivity (Wildman–Crippen MR) is 46.3 cm³/mol. The molecular formula is C6H14IN. The molecule has 2 N–H and O–H groups in total. The highest BCUT2D eigenvalue weighted by molar-refractivity contribution is 14.1. The van der Waals surface area contributed by atoms with E-state index in [1.807, 2.05) is 0 Å². The molecule has 0 fully saturated rings. The van der Waals surface area contributed by atoms with Gasteiger partial charge in [-0.2, -0.15) is 0 Å². The highest BCUT2D eigenvalue weighted by Crippen LogP contribution is 2.14. The lowest BCUT2D eigenvalue weighted by atomic mass is 10.0. The zero-order valence-corrected chi connectivity index (χ0v) is 7.84. The Bertz CT molecular complexity index is 53.5. The molecule has 3 unspecified atom stereocenters. The van der Waals surface area contributed by atoms with Crippen molar-refractivity contribution in [3.63, 3.8) is 0 Å². The number of alkyl halides is 1. The third kappa shape index (κ3) is 2.87. The van der Waals surface area contributed by atoms with Crippen molar-refractivity contribution in [3.8, 4) is 0 Å². The van der Waals surface area contributed by atoms with E-state index in [2.05, 4.69) is 43.4 Å². The Kier molecular flexibility index (Phi) is 3.98. The van der Waals surface area contributed by atoms with Crippen LogP contribution in [0, 0.1) is 5.92 Å². The Morgan fingerprint density at radius 3 is 1.62 bits per heavy atom. The molecular weight excluding hydrogens is 213 g/mol. The number of nitrogens with two attached hydrogens (primary N) is 1. The molecule has 50 valence electrons. The van der Waals surface area contributed by atoms with E-state index in [0.717, 1.165) is 0 Å². The average molecular weight is 227 g/mol. The van der Waals surface area contributed by atoms with Crippen molar-refractivity contribution in [2.45, 2.75) is 30.7 Å². The first-order valence-corrected chi connectivity index (χ1v) is 4.20. The lowest BCUT2D eigenvalue weighted by Crippen LogP contribution is -2.28. The van der Waals surface area contributed by atoms with Crippen LogP contribution in [0.5, 0.6) is 0 Å². The average Bonchev–Trinajstić information content (AvgIpc) is 1.64. The van der Waals surface area contributed by atoms with Crippen LogP contribution in [0.2, 0.25) is 0 Å². The Morgan fingerprint density at radius 2 is 1.62 bits per heavy atom. The van der Waals surface area contributed by atoms with Gasteiger partial charge in [-0.05, 0) is 12.8 Å². The summed E-state index contributed by atoms with van der Waals surface area (Å²) in [5, 5.41) is 0. The zero-order chi connectivity index (χ0) is 6.73. The molecule has 0 aliphatic heterocycles. The molecule has 0 aromatic rings. The largest absolute Gasteiger partial charge is 0.328 e.